The summed E-state index contributed by atoms with van der Waals surface area (Å²) in [4.78, 5) is 24.3. The Balaban J connectivity index is 2.28. The lowest BCUT2D eigenvalue weighted by Gasteiger charge is -2.24. The Labute approximate surface area is 145 Å². The molecule has 3 N–H and O–H groups in total. The first-order valence-corrected chi connectivity index (χ1v) is 7.69. The number of esters is 1. The molecule has 0 atom stereocenters. The van der Waals surface area contributed by atoms with E-state index in [2.05, 4.69) is 10.1 Å². The van der Waals surface area contributed by atoms with E-state index in [1.165, 1.54) is 19.2 Å². The maximum atomic E-state index is 12.7. The van der Waals surface area contributed by atoms with Gasteiger partial charge in [-0.15, -0.1) is 0 Å². The average molecular weight is 347 g/mol. The molecule has 0 fully saturated rings. The lowest BCUT2D eigenvalue weighted by molar-refractivity contribution is -0.120. The molecular formula is C18H19ClN2O3. The van der Waals surface area contributed by atoms with Crippen LogP contribution >= 0.6 is 11.6 Å². The fraction of sp³-hybridized carbons (Fsp3) is 0.222. The van der Waals surface area contributed by atoms with Gasteiger partial charge in [-0.25, -0.2) is 4.79 Å². The van der Waals surface area contributed by atoms with Gasteiger partial charge in [-0.05, 0) is 49.7 Å². The molecule has 0 saturated carbocycles. The second-order valence-electron chi connectivity index (χ2n) is 5.89. The monoisotopic (exact) mass is 346 g/mol. The van der Waals surface area contributed by atoms with Crippen molar-refractivity contribution in [2.24, 2.45) is 0 Å². The van der Waals surface area contributed by atoms with Crippen molar-refractivity contribution in [2.75, 3.05) is 18.2 Å². The molecule has 1 amide bonds. The quantitative estimate of drug-likeness (QED) is 0.654. The molecule has 6 heteroatoms. The van der Waals surface area contributed by atoms with Gasteiger partial charge in [-0.2, -0.15) is 0 Å². The van der Waals surface area contributed by atoms with Crippen molar-refractivity contribution in [1.82, 2.24) is 0 Å². The van der Waals surface area contributed by atoms with Crippen molar-refractivity contribution in [3.8, 4) is 0 Å². The SMILES string of the molecule is COC(=O)c1ccc(Cl)c(NC(=O)C(C)(C)c2ccc(N)cc2)c1. The number of halogens is 1. The molecule has 24 heavy (non-hydrogen) atoms. The second-order valence-corrected chi connectivity index (χ2v) is 6.29. The highest BCUT2D eigenvalue weighted by molar-refractivity contribution is 6.34. The summed E-state index contributed by atoms with van der Waals surface area (Å²) in [6, 6.07) is 11.7. The third-order valence-electron chi connectivity index (χ3n) is 3.84. The summed E-state index contributed by atoms with van der Waals surface area (Å²) >= 11 is 6.12. The van der Waals surface area contributed by atoms with Crippen molar-refractivity contribution >= 4 is 34.9 Å². The Bertz CT molecular complexity index is 770. The number of carbonyl (C=O) groups is 2. The Morgan fingerprint density at radius 3 is 2.33 bits per heavy atom. The Morgan fingerprint density at radius 2 is 1.75 bits per heavy atom. The highest BCUT2D eigenvalue weighted by atomic mass is 35.5. The highest BCUT2D eigenvalue weighted by Crippen LogP contribution is 2.29. The summed E-state index contributed by atoms with van der Waals surface area (Å²) in [7, 11) is 1.29. The molecule has 2 rings (SSSR count). The van der Waals surface area contributed by atoms with Crippen LogP contribution in [0.1, 0.15) is 29.8 Å². The van der Waals surface area contributed by atoms with Crippen molar-refractivity contribution in [3.05, 3.63) is 58.6 Å². The molecule has 2 aromatic rings. The summed E-state index contributed by atoms with van der Waals surface area (Å²) in [6.07, 6.45) is 0. The van der Waals surface area contributed by atoms with Gasteiger partial charge in [-0.3, -0.25) is 4.79 Å². The predicted molar refractivity (Wildman–Crippen MR) is 95.3 cm³/mol. The zero-order chi connectivity index (χ0) is 17.9. The zero-order valence-electron chi connectivity index (χ0n) is 13.7. The first kappa shape index (κ1) is 17.8. The highest BCUT2D eigenvalue weighted by Gasteiger charge is 2.30. The fourth-order valence-corrected chi connectivity index (χ4v) is 2.34. The van der Waals surface area contributed by atoms with E-state index in [-0.39, 0.29) is 5.91 Å². The molecule has 0 spiro atoms. The van der Waals surface area contributed by atoms with Crippen molar-refractivity contribution in [1.29, 1.82) is 0 Å². The molecule has 0 aromatic heterocycles. The number of rotatable bonds is 4. The number of nitrogen functional groups attached to an aromatic ring is 1. The van der Waals surface area contributed by atoms with Gasteiger partial charge in [0.25, 0.3) is 0 Å². The van der Waals surface area contributed by atoms with Gasteiger partial charge in [0, 0.05) is 5.69 Å². The van der Waals surface area contributed by atoms with Crippen LogP contribution in [-0.4, -0.2) is 19.0 Å². The molecule has 0 aliphatic rings. The van der Waals surface area contributed by atoms with E-state index < -0.39 is 11.4 Å². The summed E-state index contributed by atoms with van der Waals surface area (Å²) in [5.74, 6) is -0.754. The van der Waals surface area contributed by atoms with Gasteiger partial charge >= 0.3 is 5.97 Å². The van der Waals surface area contributed by atoms with E-state index in [4.69, 9.17) is 17.3 Å². The summed E-state index contributed by atoms with van der Waals surface area (Å²) in [5, 5.41) is 3.11. The maximum absolute atomic E-state index is 12.7. The van der Waals surface area contributed by atoms with Crippen molar-refractivity contribution < 1.29 is 14.3 Å². The number of methoxy groups -OCH3 is 1. The largest absolute Gasteiger partial charge is 0.465 e. The van der Waals surface area contributed by atoms with Crippen molar-refractivity contribution in [2.45, 2.75) is 19.3 Å². The fourth-order valence-electron chi connectivity index (χ4n) is 2.18. The van der Waals surface area contributed by atoms with Crippen LogP contribution in [0.2, 0.25) is 5.02 Å². The average Bonchev–Trinajstić information content (AvgIpc) is 2.56. The van der Waals surface area contributed by atoms with Crippen LogP contribution in [0, 0.1) is 0 Å². The Hall–Kier alpha value is -2.53. The van der Waals surface area contributed by atoms with Crippen LogP contribution in [0.4, 0.5) is 11.4 Å². The third kappa shape index (κ3) is 3.68. The van der Waals surface area contributed by atoms with Gasteiger partial charge in [0.05, 0.1) is 28.8 Å². The number of amides is 1. The van der Waals surface area contributed by atoms with Gasteiger partial charge in [-0.1, -0.05) is 23.7 Å². The van der Waals surface area contributed by atoms with E-state index in [9.17, 15) is 9.59 Å². The van der Waals surface area contributed by atoms with Gasteiger partial charge in [0.15, 0.2) is 0 Å². The van der Waals surface area contributed by atoms with E-state index in [1.54, 1.807) is 44.2 Å². The lowest BCUT2D eigenvalue weighted by atomic mass is 9.83. The smallest absolute Gasteiger partial charge is 0.337 e. The Morgan fingerprint density at radius 1 is 1.12 bits per heavy atom. The molecule has 0 heterocycles. The molecule has 0 saturated heterocycles. The number of anilines is 2. The molecule has 2 aromatic carbocycles. The van der Waals surface area contributed by atoms with Crippen LogP contribution in [-0.2, 0) is 14.9 Å². The number of hydrogen-bond acceptors (Lipinski definition) is 4. The normalized spacial score (nSPS) is 11.0. The van der Waals surface area contributed by atoms with Crippen LogP contribution in [0.25, 0.3) is 0 Å². The van der Waals surface area contributed by atoms with Gasteiger partial charge in [0.2, 0.25) is 5.91 Å². The minimum Gasteiger partial charge on any atom is -0.465 e. The van der Waals surface area contributed by atoms with E-state index in [0.29, 0.717) is 22.0 Å². The zero-order valence-corrected chi connectivity index (χ0v) is 14.5. The number of hydrogen-bond donors (Lipinski definition) is 2. The second kappa shape index (κ2) is 6.93. The topological polar surface area (TPSA) is 81.4 Å². The number of nitrogens with two attached hydrogens (primary N) is 1. The molecule has 0 radical (unpaired) electrons. The lowest BCUT2D eigenvalue weighted by Crippen LogP contribution is -2.34. The molecule has 0 bridgehead atoms. The summed E-state index contributed by atoms with van der Waals surface area (Å²) in [6.45, 7) is 3.60. The van der Waals surface area contributed by atoms with Gasteiger partial charge in [0.1, 0.15) is 0 Å². The number of nitrogens with one attached hydrogen (secondary N) is 1. The predicted octanol–water partition coefficient (Wildman–Crippen LogP) is 3.63. The molecule has 0 aliphatic heterocycles. The van der Waals surface area contributed by atoms with Crippen LogP contribution in [0.5, 0.6) is 0 Å². The number of ether oxygens (including phenoxy) is 1. The number of benzene rings is 2. The molecule has 5 nitrogen and oxygen atoms in total. The molecule has 0 unspecified atom stereocenters. The van der Waals surface area contributed by atoms with E-state index >= 15 is 0 Å². The van der Waals surface area contributed by atoms with E-state index in [0.717, 1.165) is 5.56 Å². The van der Waals surface area contributed by atoms with Crippen LogP contribution < -0.4 is 11.1 Å². The van der Waals surface area contributed by atoms with Crippen molar-refractivity contribution in [3.63, 3.8) is 0 Å². The molecule has 0 aliphatic carbocycles. The Kier molecular flexibility index (Phi) is 5.14. The molecular weight excluding hydrogens is 328 g/mol. The van der Waals surface area contributed by atoms with Gasteiger partial charge < -0.3 is 15.8 Å². The minimum atomic E-state index is -0.807. The first-order valence-electron chi connectivity index (χ1n) is 7.31. The van der Waals surface area contributed by atoms with E-state index in [1.807, 2.05) is 0 Å². The standard InChI is InChI=1S/C18H19ClN2O3/c1-18(2,12-5-7-13(20)8-6-12)17(23)21-15-10-11(16(22)24-3)4-9-14(15)19/h4-10H,20H2,1-3H3,(H,21,23). The maximum Gasteiger partial charge on any atom is 0.337 e. The van der Waals surface area contributed by atoms with Crippen LogP contribution in [0.15, 0.2) is 42.5 Å². The van der Waals surface area contributed by atoms with Crippen LogP contribution in [0.3, 0.4) is 0 Å². The third-order valence-corrected chi connectivity index (χ3v) is 4.17. The minimum absolute atomic E-state index is 0.254. The first-order chi connectivity index (χ1) is 11.3. The summed E-state index contributed by atoms with van der Waals surface area (Å²) in [5.41, 5.74) is 6.98. The summed E-state index contributed by atoms with van der Waals surface area (Å²) < 4.78 is 4.68. The molecule has 126 valence electrons. The number of carbonyl (C=O) groups excluding carboxylic acids is 2.